The van der Waals surface area contributed by atoms with E-state index < -0.39 is 6.10 Å². The smallest absolute Gasteiger partial charge is 0.261 e. The first-order valence-electron chi connectivity index (χ1n) is 9.19. The number of carbonyl (C=O) groups is 1. The lowest BCUT2D eigenvalue weighted by molar-refractivity contribution is -0.127. The number of ether oxygens (including phenoxy) is 1. The van der Waals surface area contributed by atoms with E-state index in [1.165, 1.54) is 0 Å². The van der Waals surface area contributed by atoms with Gasteiger partial charge in [-0.2, -0.15) is 0 Å². The number of benzene rings is 3. The fourth-order valence-electron chi connectivity index (χ4n) is 3.09. The van der Waals surface area contributed by atoms with Crippen molar-refractivity contribution in [3.8, 4) is 5.75 Å². The molecule has 1 N–H and O–H groups in total. The molecule has 1 amide bonds. The number of amides is 1. The molecule has 0 aromatic heterocycles. The highest BCUT2D eigenvalue weighted by Gasteiger charge is 2.23. The standard InChI is InChI=1S/C24H25NO2/c1-17-11-7-9-15-21(17)23(20-13-5-4-6-14-20)25-24(26)19(3)27-22-16-10-8-12-18(22)2/h4-16,19,23H,1-3H3,(H,25,26)/t19-,23-/m1/s1. The number of carbonyl (C=O) groups excluding carboxylic acids is 1. The Morgan fingerprint density at radius 3 is 2.07 bits per heavy atom. The van der Waals surface area contributed by atoms with E-state index >= 15 is 0 Å². The molecule has 0 spiro atoms. The first-order valence-corrected chi connectivity index (χ1v) is 9.19. The van der Waals surface area contributed by atoms with E-state index in [1.54, 1.807) is 6.92 Å². The van der Waals surface area contributed by atoms with Crippen molar-refractivity contribution in [3.05, 3.63) is 101 Å². The Morgan fingerprint density at radius 2 is 1.41 bits per heavy atom. The molecular weight excluding hydrogens is 334 g/mol. The predicted molar refractivity (Wildman–Crippen MR) is 109 cm³/mol. The molecule has 3 heteroatoms. The molecule has 0 aliphatic carbocycles. The third kappa shape index (κ3) is 4.56. The van der Waals surface area contributed by atoms with E-state index in [4.69, 9.17) is 4.74 Å². The van der Waals surface area contributed by atoms with E-state index in [0.717, 1.165) is 28.0 Å². The van der Waals surface area contributed by atoms with Gasteiger partial charge in [-0.1, -0.05) is 72.8 Å². The molecule has 0 bridgehead atoms. The van der Waals surface area contributed by atoms with E-state index in [1.807, 2.05) is 73.7 Å². The summed E-state index contributed by atoms with van der Waals surface area (Å²) < 4.78 is 5.90. The van der Waals surface area contributed by atoms with Gasteiger partial charge in [0.1, 0.15) is 5.75 Å². The number of para-hydroxylation sites is 1. The predicted octanol–water partition coefficient (Wildman–Crippen LogP) is 4.98. The number of hydrogen-bond acceptors (Lipinski definition) is 2. The molecule has 27 heavy (non-hydrogen) atoms. The third-order valence-electron chi connectivity index (χ3n) is 4.69. The van der Waals surface area contributed by atoms with E-state index in [9.17, 15) is 4.79 Å². The molecule has 0 heterocycles. The molecule has 0 saturated heterocycles. The summed E-state index contributed by atoms with van der Waals surface area (Å²) in [6.07, 6.45) is -0.596. The minimum Gasteiger partial charge on any atom is -0.481 e. The van der Waals surface area contributed by atoms with Gasteiger partial charge in [-0.05, 0) is 49.1 Å². The zero-order valence-corrected chi connectivity index (χ0v) is 16.0. The number of aryl methyl sites for hydroxylation is 2. The lowest BCUT2D eigenvalue weighted by Gasteiger charge is -2.24. The summed E-state index contributed by atoms with van der Waals surface area (Å²) in [5.41, 5.74) is 4.28. The van der Waals surface area contributed by atoms with Crippen LogP contribution >= 0.6 is 0 Å². The van der Waals surface area contributed by atoms with Crippen molar-refractivity contribution in [3.63, 3.8) is 0 Å². The quantitative estimate of drug-likeness (QED) is 0.674. The van der Waals surface area contributed by atoms with Crippen LogP contribution in [0.1, 0.15) is 35.2 Å². The summed E-state index contributed by atoms with van der Waals surface area (Å²) in [6, 6.07) is 25.6. The SMILES string of the molecule is Cc1ccccc1O[C@H](C)C(=O)N[C@H](c1ccccc1)c1ccccc1C. The lowest BCUT2D eigenvalue weighted by Crippen LogP contribution is -2.39. The van der Waals surface area contributed by atoms with Crippen molar-refractivity contribution >= 4 is 5.91 Å². The van der Waals surface area contributed by atoms with Crippen molar-refractivity contribution in [2.45, 2.75) is 32.9 Å². The van der Waals surface area contributed by atoms with Gasteiger partial charge < -0.3 is 10.1 Å². The molecule has 3 rings (SSSR count). The molecule has 3 aromatic carbocycles. The summed E-state index contributed by atoms with van der Waals surface area (Å²) in [5, 5.41) is 3.17. The maximum Gasteiger partial charge on any atom is 0.261 e. The summed E-state index contributed by atoms with van der Waals surface area (Å²) in [5.74, 6) is 0.586. The molecule has 0 fully saturated rings. The fourth-order valence-corrected chi connectivity index (χ4v) is 3.09. The second kappa shape index (κ2) is 8.54. The van der Waals surface area contributed by atoms with Crippen LogP contribution in [0.25, 0.3) is 0 Å². The van der Waals surface area contributed by atoms with Crippen LogP contribution in [0.3, 0.4) is 0 Å². The van der Waals surface area contributed by atoms with Crippen LogP contribution in [0.4, 0.5) is 0 Å². The van der Waals surface area contributed by atoms with Gasteiger partial charge in [-0.25, -0.2) is 0 Å². The Kier molecular flexibility index (Phi) is 5.92. The van der Waals surface area contributed by atoms with Gasteiger partial charge in [-0.3, -0.25) is 4.79 Å². The molecule has 0 aliphatic heterocycles. The molecule has 0 unspecified atom stereocenters. The Balaban J connectivity index is 1.83. The summed E-state index contributed by atoms with van der Waals surface area (Å²) in [6.45, 7) is 5.81. The average molecular weight is 359 g/mol. The first kappa shape index (κ1) is 18.7. The van der Waals surface area contributed by atoms with Gasteiger partial charge in [0, 0.05) is 0 Å². The van der Waals surface area contributed by atoms with E-state index in [2.05, 4.69) is 24.4 Å². The highest BCUT2D eigenvalue weighted by atomic mass is 16.5. The molecule has 0 aliphatic rings. The average Bonchev–Trinajstić information content (AvgIpc) is 2.69. The highest BCUT2D eigenvalue weighted by molar-refractivity contribution is 5.81. The second-order valence-corrected chi connectivity index (χ2v) is 6.73. The monoisotopic (exact) mass is 359 g/mol. The van der Waals surface area contributed by atoms with Crippen LogP contribution in [0.2, 0.25) is 0 Å². The van der Waals surface area contributed by atoms with Crippen molar-refractivity contribution < 1.29 is 9.53 Å². The topological polar surface area (TPSA) is 38.3 Å². The third-order valence-corrected chi connectivity index (χ3v) is 4.69. The van der Waals surface area contributed by atoms with E-state index in [0.29, 0.717) is 0 Å². The van der Waals surface area contributed by atoms with Crippen LogP contribution in [0.15, 0.2) is 78.9 Å². The van der Waals surface area contributed by atoms with Crippen molar-refractivity contribution in [1.29, 1.82) is 0 Å². The number of hydrogen-bond donors (Lipinski definition) is 1. The van der Waals surface area contributed by atoms with Gasteiger partial charge in [0.15, 0.2) is 6.10 Å². The van der Waals surface area contributed by atoms with Crippen molar-refractivity contribution in [2.75, 3.05) is 0 Å². The maximum absolute atomic E-state index is 12.9. The number of rotatable bonds is 6. The van der Waals surface area contributed by atoms with Gasteiger partial charge in [0.25, 0.3) is 5.91 Å². The molecule has 3 aromatic rings. The lowest BCUT2D eigenvalue weighted by atomic mass is 9.95. The molecule has 0 radical (unpaired) electrons. The fraction of sp³-hybridized carbons (Fsp3) is 0.208. The summed E-state index contributed by atoms with van der Waals surface area (Å²) in [4.78, 5) is 12.9. The maximum atomic E-state index is 12.9. The Labute approximate surface area is 161 Å². The van der Waals surface area contributed by atoms with Crippen LogP contribution in [-0.2, 0) is 4.79 Å². The Bertz CT molecular complexity index is 905. The Hall–Kier alpha value is -3.07. The van der Waals surface area contributed by atoms with Crippen molar-refractivity contribution in [2.24, 2.45) is 0 Å². The van der Waals surface area contributed by atoms with Crippen LogP contribution < -0.4 is 10.1 Å². The highest BCUT2D eigenvalue weighted by Crippen LogP contribution is 2.25. The second-order valence-electron chi connectivity index (χ2n) is 6.73. The Morgan fingerprint density at radius 1 is 0.815 bits per heavy atom. The van der Waals surface area contributed by atoms with Crippen LogP contribution in [-0.4, -0.2) is 12.0 Å². The summed E-state index contributed by atoms with van der Waals surface area (Å²) >= 11 is 0. The molecule has 3 nitrogen and oxygen atoms in total. The van der Waals surface area contributed by atoms with Crippen LogP contribution in [0, 0.1) is 13.8 Å². The molecule has 138 valence electrons. The van der Waals surface area contributed by atoms with Gasteiger partial charge in [0.05, 0.1) is 6.04 Å². The number of nitrogens with one attached hydrogen (secondary N) is 1. The van der Waals surface area contributed by atoms with Gasteiger partial charge >= 0.3 is 0 Å². The summed E-state index contributed by atoms with van der Waals surface area (Å²) in [7, 11) is 0. The van der Waals surface area contributed by atoms with Gasteiger partial charge in [0.2, 0.25) is 0 Å². The molecule has 0 saturated carbocycles. The largest absolute Gasteiger partial charge is 0.481 e. The zero-order chi connectivity index (χ0) is 19.2. The zero-order valence-electron chi connectivity index (χ0n) is 16.0. The minimum absolute atomic E-state index is 0.143. The van der Waals surface area contributed by atoms with Gasteiger partial charge in [-0.15, -0.1) is 0 Å². The minimum atomic E-state index is -0.596. The van der Waals surface area contributed by atoms with Crippen molar-refractivity contribution in [1.82, 2.24) is 5.32 Å². The van der Waals surface area contributed by atoms with E-state index in [-0.39, 0.29) is 11.9 Å². The normalized spacial score (nSPS) is 12.9. The molecule has 2 atom stereocenters. The molecular formula is C24H25NO2. The van der Waals surface area contributed by atoms with Crippen LogP contribution in [0.5, 0.6) is 5.75 Å². The first-order chi connectivity index (χ1) is 13.1.